The quantitative estimate of drug-likeness (QED) is 0.143. The van der Waals surface area contributed by atoms with Gasteiger partial charge in [-0.15, -0.1) is 0 Å². The van der Waals surface area contributed by atoms with Gasteiger partial charge in [-0.1, -0.05) is 36.9 Å². The topological polar surface area (TPSA) is 90.7 Å². The zero-order valence-corrected chi connectivity index (χ0v) is 23.3. The standard InChI is InChI=1S/C27H35N3O5S2/c1-4-34-16-8-15-30-25-13-12-23(37(32,33)29-14-7-9-20(2)18-29)17-24(25)28-27(30)36-19-22-10-5-6-11-26(22)35-21(3)31/h5-6,10-13,17,20H,4,7-9,14-16,18-19H2,1-3H3/t20-/m0/s1. The van der Waals surface area contributed by atoms with E-state index in [1.165, 1.54) is 18.7 Å². The van der Waals surface area contributed by atoms with Crippen LogP contribution in [0.4, 0.5) is 0 Å². The summed E-state index contributed by atoms with van der Waals surface area (Å²) < 4.78 is 41.4. The minimum absolute atomic E-state index is 0.282. The third-order valence-corrected chi connectivity index (χ3v) is 9.29. The van der Waals surface area contributed by atoms with E-state index >= 15 is 0 Å². The third kappa shape index (κ3) is 6.73. The number of carbonyl (C=O) groups excluding carboxylic acids is 1. The second-order valence-electron chi connectivity index (χ2n) is 9.35. The molecular formula is C27H35N3O5S2. The van der Waals surface area contributed by atoms with E-state index in [1.807, 2.05) is 31.2 Å². The number of carbonyl (C=O) groups is 1. The van der Waals surface area contributed by atoms with Crippen LogP contribution in [-0.4, -0.2) is 54.5 Å². The number of nitrogens with zero attached hydrogens (tertiary/aromatic N) is 3. The molecule has 0 spiro atoms. The van der Waals surface area contributed by atoms with Gasteiger partial charge in [-0.3, -0.25) is 4.79 Å². The molecule has 2 aromatic carbocycles. The fraction of sp³-hybridized carbons (Fsp3) is 0.481. The maximum absolute atomic E-state index is 13.4. The number of fused-ring (bicyclic) bond motifs is 1. The average Bonchev–Trinajstić information content (AvgIpc) is 3.22. The van der Waals surface area contributed by atoms with Crippen LogP contribution < -0.4 is 4.74 Å². The minimum Gasteiger partial charge on any atom is -0.426 e. The molecule has 2 heterocycles. The molecule has 1 fully saturated rings. The summed E-state index contributed by atoms with van der Waals surface area (Å²) in [4.78, 5) is 16.6. The first-order valence-corrected chi connectivity index (χ1v) is 15.2. The van der Waals surface area contributed by atoms with Crippen molar-refractivity contribution in [2.24, 2.45) is 5.92 Å². The second-order valence-corrected chi connectivity index (χ2v) is 12.2. The predicted octanol–water partition coefficient (Wildman–Crippen LogP) is 5.10. The molecule has 1 aliphatic rings. The van der Waals surface area contributed by atoms with Gasteiger partial charge in [0.05, 0.1) is 15.9 Å². The van der Waals surface area contributed by atoms with Gasteiger partial charge in [0, 0.05) is 51.1 Å². The van der Waals surface area contributed by atoms with Crippen molar-refractivity contribution in [3.63, 3.8) is 0 Å². The van der Waals surface area contributed by atoms with Crippen molar-refractivity contribution in [2.45, 2.75) is 62.4 Å². The van der Waals surface area contributed by atoms with Gasteiger partial charge in [0.25, 0.3) is 0 Å². The van der Waals surface area contributed by atoms with Crippen LogP contribution in [0.5, 0.6) is 5.75 Å². The SMILES string of the molecule is CCOCCCn1c(SCc2ccccc2OC(C)=O)nc2cc(S(=O)(=O)N3CCC[C@H](C)C3)ccc21. The molecule has 0 bridgehead atoms. The first kappa shape index (κ1) is 27.6. The highest BCUT2D eigenvalue weighted by atomic mass is 32.2. The molecule has 4 rings (SSSR count). The number of hydrogen-bond donors (Lipinski definition) is 0. The van der Waals surface area contributed by atoms with E-state index in [2.05, 4.69) is 11.5 Å². The number of imidazole rings is 1. The van der Waals surface area contributed by atoms with E-state index in [-0.39, 0.29) is 10.9 Å². The van der Waals surface area contributed by atoms with E-state index in [1.54, 1.807) is 22.5 Å². The lowest BCUT2D eigenvalue weighted by Crippen LogP contribution is -2.39. The Morgan fingerprint density at radius 3 is 2.78 bits per heavy atom. The number of aromatic nitrogens is 2. The molecule has 0 amide bonds. The van der Waals surface area contributed by atoms with Gasteiger partial charge >= 0.3 is 5.97 Å². The molecule has 37 heavy (non-hydrogen) atoms. The summed E-state index contributed by atoms with van der Waals surface area (Å²) in [5.41, 5.74) is 2.43. The number of para-hydroxylation sites is 1. The van der Waals surface area contributed by atoms with Crippen LogP contribution in [0.1, 0.15) is 45.6 Å². The van der Waals surface area contributed by atoms with E-state index in [9.17, 15) is 13.2 Å². The summed E-state index contributed by atoms with van der Waals surface area (Å²) in [7, 11) is -3.58. The van der Waals surface area contributed by atoms with Gasteiger partial charge in [0.1, 0.15) is 5.75 Å². The summed E-state index contributed by atoms with van der Waals surface area (Å²) >= 11 is 1.53. The van der Waals surface area contributed by atoms with E-state index in [0.29, 0.717) is 55.8 Å². The third-order valence-electron chi connectivity index (χ3n) is 6.40. The van der Waals surface area contributed by atoms with Crippen LogP contribution in [-0.2, 0) is 31.9 Å². The van der Waals surface area contributed by atoms with Gasteiger partial charge in [0.15, 0.2) is 5.16 Å². The van der Waals surface area contributed by atoms with Crippen LogP contribution >= 0.6 is 11.8 Å². The van der Waals surface area contributed by atoms with Crippen LogP contribution in [0.2, 0.25) is 0 Å². The van der Waals surface area contributed by atoms with Crippen molar-refractivity contribution >= 4 is 38.8 Å². The summed E-state index contributed by atoms with van der Waals surface area (Å²) in [6, 6.07) is 12.7. The fourth-order valence-electron chi connectivity index (χ4n) is 4.58. The van der Waals surface area contributed by atoms with E-state index < -0.39 is 10.0 Å². The Morgan fingerprint density at radius 2 is 2.03 bits per heavy atom. The molecule has 0 N–H and O–H groups in total. The monoisotopic (exact) mass is 545 g/mol. The molecule has 10 heteroatoms. The highest BCUT2D eigenvalue weighted by molar-refractivity contribution is 7.98. The molecule has 3 aromatic rings. The Labute approximate surface area is 223 Å². The zero-order chi connectivity index (χ0) is 26.4. The Morgan fingerprint density at radius 1 is 1.22 bits per heavy atom. The number of benzene rings is 2. The molecule has 0 saturated carbocycles. The Balaban J connectivity index is 1.63. The average molecular weight is 546 g/mol. The summed E-state index contributed by atoms with van der Waals surface area (Å²) in [5, 5.41) is 0.783. The second kappa shape index (κ2) is 12.4. The number of ether oxygens (including phenoxy) is 2. The van der Waals surface area contributed by atoms with Crippen LogP contribution in [0.3, 0.4) is 0 Å². The van der Waals surface area contributed by atoms with Crippen LogP contribution in [0, 0.1) is 5.92 Å². The normalized spacial score (nSPS) is 16.8. The maximum atomic E-state index is 13.4. The van der Waals surface area contributed by atoms with Crippen molar-refractivity contribution in [2.75, 3.05) is 26.3 Å². The molecular weight excluding hydrogens is 510 g/mol. The van der Waals surface area contributed by atoms with E-state index in [0.717, 1.165) is 35.5 Å². The predicted molar refractivity (Wildman–Crippen MR) is 145 cm³/mol. The fourth-order valence-corrected chi connectivity index (χ4v) is 7.23. The van der Waals surface area contributed by atoms with Crippen molar-refractivity contribution in [1.82, 2.24) is 13.9 Å². The number of esters is 1. The Bertz CT molecular complexity index is 1340. The minimum atomic E-state index is -3.58. The zero-order valence-electron chi connectivity index (χ0n) is 21.7. The van der Waals surface area contributed by atoms with E-state index in [4.69, 9.17) is 14.5 Å². The first-order chi connectivity index (χ1) is 17.8. The Hall–Kier alpha value is -2.40. The number of rotatable bonds is 11. The lowest BCUT2D eigenvalue weighted by molar-refractivity contribution is -0.131. The molecule has 0 radical (unpaired) electrons. The van der Waals surface area contributed by atoms with Gasteiger partial charge in [0.2, 0.25) is 10.0 Å². The van der Waals surface area contributed by atoms with Crippen molar-refractivity contribution in [3.05, 3.63) is 48.0 Å². The number of piperidine rings is 1. The maximum Gasteiger partial charge on any atom is 0.308 e. The molecule has 200 valence electrons. The smallest absolute Gasteiger partial charge is 0.308 e. The molecule has 0 aliphatic carbocycles. The molecule has 1 aliphatic heterocycles. The van der Waals surface area contributed by atoms with Crippen LogP contribution in [0.15, 0.2) is 52.5 Å². The molecule has 1 saturated heterocycles. The largest absolute Gasteiger partial charge is 0.426 e. The Kier molecular flexibility index (Phi) is 9.28. The van der Waals surface area contributed by atoms with Crippen molar-refractivity contribution in [1.29, 1.82) is 0 Å². The number of aryl methyl sites for hydroxylation is 1. The van der Waals surface area contributed by atoms with Gasteiger partial charge in [-0.05, 0) is 56.4 Å². The van der Waals surface area contributed by atoms with Crippen molar-refractivity contribution < 1.29 is 22.7 Å². The molecule has 8 nitrogen and oxygen atoms in total. The highest BCUT2D eigenvalue weighted by Gasteiger charge is 2.29. The molecule has 0 unspecified atom stereocenters. The van der Waals surface area contributed by atoms with Gasteiger partial charge in [-0.2, -0.15) is 4.31 Å². The lowest BCUT2D eigenvalue weighted by atomic mass is 10.0. The van der Waals surface area contributed by atoms with Crippen molar-refractivity contribution in [3.8, 4) is 5.75 Å². The van der Waals surface area contributed by atoms with Gasteiger partial charge in [-0.25, -0.2) is 13.4 Å². The first-order valence-electron chi connectivity index (χ1n) is 12.8. The molecule has 1 aromatic heterocycles. The highest BCUT2D eigenvalue weighted by Crippen LogP contribution is 2.32. The summed E-state index contributed by atoms with van der Waals surface area (Å²) in [6.45, 7) is 8.55. The summed E-state index contributed by atoms with van der Waals surface area (Å²) in [6.07, 6.45) is 2.74. The number of sulfonamides is 1. The lowest BCUT2D eigenvalue weighted by Gasteiger charge is -2.30. The number of hydrogen-bond acceptors (Lipinski definition) is 7. The molecule has 1 atom stereocenters. The summed E-state index contributed by atoms with van der Waals surface area (Å²) in [5.74, 6) is 1.08. The van der Waals surface area contributed by atoms with Crippen LogP contribution in [0.25, 0.3) is 11.0 Å². The van der Waals surface area contributed by atoms with Gasteiger partial charge < -0.3 is 14.0 Å². The number of thioether (sulfide) groups is 1.